The molecule has 21 heavy (non-hydrogen) atoms. The molecule has 0 aromatic heterocycles. The lowest BCUT2D eigenvalue weighted by Gasteiger charge is -2.45. The molecule has 1 aliphatic rings. The Hall–Kier alpha value is -1.38. The maximum Gasteiger partial charge on any atom is 0.243 e. The van der Waals surface area contributed by atoms with Gasteiger partial charge in [0.05, 0.1) is 23.3 Å². The third-order valence-electron chi connectivity index (χ3n) is 3.54. The molecular weight excluding hydrogens is 299 g/mol. The van der Waals surface area contributed by atoms with Gasteiger partial charge in [-0.1, -0.05) is 13.3 Å². The van der Waals surface area contributed by atoms with Crippen molar-refractivity contribution in [1.82, 2.24) is 4.31 Å². The van der Waals surface area contributed by atoms with Crippen LogP contribution in [0.25, 0.3) is 0 Å². The van der Waals surface area contributed by atoms with E-state index >= 15 is 0 Å². The molecule has 0 bridgehead atoms. The van der Waals surface area contributed by atoms with Crippen molar-refractivity contribution in [2.75, 3.05) is 25.9 Å². The summed E-state index contributed by atoms with van der Waals surface area (Å²) in [5, 5.41) is 10.1. The van der Waals surface area contributed by atoms with Gasteiger partial charge < -0.3 is 15.6 Å². The summed E-state index contributed by atoms with van der Waals surface area (Å²) >= 11 is 0. The second-order valence-corrected chi connectivity index (χ2v) is 7.21. The van der Waals surface area contributed by atoms with Crippen LogP contribution in [0.4, 0.5) is 10.1 Å². The largest absolute Gasteiger partial charge is 0.492 e. The van der Waals surface area contributed by atoms with E-state index in [2.05, 4.69) is 0 Å². The molecule has 0 saturated carbocycles. The van der Waals surface area contributed by atoms with Gasteiger partial charge in [-0.15, -0.1) is 0 Å². The molecule has 118 valence electrons. The number of halogens is 1. The van der Waals surface area contributed by atoms with E-state index in [0.29, 0.717) is 6.42 Å². The quantitative estimate of drug-likeness (QED) is 0.789. The maximum absolute atomic E-state index is 13.8. The van der Waals surface area contributed by atoms with Gasteiger partial charge in [0.1, 0.15) is 0 Å². The second kappa shape index (κ2) is 5.43. The van der Waals surface area contributed by atoms with Crippen molar-refractivity contribution in [3.8, 4) is 5.75 Å². The standard InChI is InChI=1S/C13H19FN2O4S/c1-3-4-13(17)7-16(8-13)21(18,19)9-5-10(14)12(20-2)11(15)6-9/h5-6,17H,3-4,7-8,15H2,1-2H3. The third-order valence-corrected chi connectivity index (χ3v) is 5.31. The van der Waals surface area contributed by atoms with Crippen LogP contribution in [-0.4, -0.2) is 43.6 Å². The van der Waals surface area contributed by atoms with Crippen LogP contribution in [0.5, 0.6) is 5.75 Å². The lowest BCUT2D eigenvalue weighted by atomic mass is 9.92. The van der Waals surface area contributed by atoms with Gasteiger partial charge in [0, 0.05) is 13.1 Å². The summed E-state index contributed by atoms with van der Waals surface area (Å²) in [7, 11) is -2.61. The van der Waals surface area contributed by atoms with E-state index in [1.54, 1.807) is 0 Å². The summed E-state index contributed by atoms with van der Waals surface area (Å²) in [5.74, 6) is -1.01. The predicted molar refractivity (Wildman–Crippen MR) is 76.0 cm³/mol. The summed E-state index contributed by atoms with van der Waals surface area (Å²) in [6, 6.07) is 2.04. The molecule has 6 nitrogen and oxygen atoms in total. The SMILES string of the molecule is CCCC1(O)CN(S(=O)(=O)c2cc(N)c(OC)c(F)c2)C1. The van der Waals surface area contributed by atoms with Crippen molar-refractivity contribution in [2.24, 2.45) is 0 Å². The average molecular weight is 318 g/mol. The number of sulfonamides is 1. The molecule has 0 spiro atoms. The Morgan fingerprint density at radius 2 is 2.10 bits per heavy atom. The number of methoxy groups -OCH3 is 1. The highest BCUT2D eigenvalue weighted by atomic mass is 32.2. The number of benzene rings is 1. The van der Waals surface area contributed by atoms with Gasteiger partial charge in [-0.25, -0.2) is 12.8 Å². The van der Waals surface area contributed by atoms with Gasteiger partial charge in [0.2, 0.25) is 10.0 Å². The molecule has 1 heterocycles. The zero-order valence-electron chi connectivity index (χ0n) is 12.0. The molecule has 1 aliphatic heterocycles. The highest BCUT2D eigenvalue weighted by Crippen LogP contribution is 2.34. The Morgan fingerprint density at radius 3 is 2.57 bits per heavy atom. The number of nitrogens with zero attached hydrogens (tertiary/aromatic N) is 1. The zero-order chi connectivity index (χ0) is 15.8. The van der Waals surface area contributed by atoms with Crippen LogP contribution in [0.2, 0.25) is 0 Å². The van der Waals surface area contributed by atoms with Crippen LogP contribution < -0.4 is 10.5 Å². The van der Waals surface area contributed by atoms with Crippen molar-refractivity contribution in [3.63, 3.8) is 0 Å². The average Bonchev–Trinajstić information content (AvgIpc) is 2.35. The van der Waals surface area contributed by atoms with Crippen LogP contribution in [0.3, 0.4) is 0 Å². The molecule has 1 saturated heterocycles. The van der Waals surface area contributed by atoms with Crippen LogP contribution in [-0.2, 0) is 10.0 Å². The van der Waals surface area contributed by atoms with Gasteiger partial charge in [-0.2, -0.15) is 4.31 Å². The number of hydrogen-bond acceptors (Lipinski definition) is 5. The number of aliphatic hydroxyl groups is 1. The van der Waals surface area contributed by atoms with Crippen LogP contribution in [0.1, 0.15) is 19.8 Å². The minimum atomic E-state index is -3.86. The molecule has 0 unspecified atom stereocenters. The Labute approximate surface area is 123 Å². The van der Waals surface area contributed by atoms with Crippen molar-refractivity contribution < 1.29 is 22.7 Å². The highest BCUT2D eigenvalue weighted by Gasteiger charge is 2.46. The topological polar surface area (TPSA) is 92.9 Å². The van der Waals surface area contributed by atoms with E-state index < -0.39 is 21.4 Å². The first-order valence-electron chi connectivity index (χ1n) is 6.59. The Kier molecular flexibility index (Phi) is 4.14. The maximum atomic E-state index is 13.8. The Bertz CT molecular complexity index is 619. The molecule has 1 aromatic carbocycles. The number of hydrogen-bond donors (Lipinski definition) is 2. The minimum Gasteiger partial charge on any atom is -0.492 e. The molecule has 1 aromatic rings. The van der Waals surface area contributed by atoms with Crippen LogP contribution in [0, 0.1) is 5.82 Å². The molecule has 8 heteroatoms. The number of nitrogen functional groups attached to an aromatic ring is 1. The van der Waals surface area contributed by atoms with Gasteiger partial charge >= 0.3 is 0 Å². The monoisotopic (exact) mass is 318 g/mol. The summed E-state index contributed by atoms with van der Waals surface area (Å²) < 4.78 is 44.4. The summed E-state index contributed by atoms with van der Waals surface area (Å²) in [5.41, 5.74) is 4.52. The van der Waals surface area contributed by atoms with Crippen molar-refractivity contribution >= 4 is 15.7 Å². The van der Waals surface area contributed by atoms with E-state index in [1.807, 2.05) is 6.92 Å². The molecule has 0 amide bonds. The first kappa shape index (κ1) is 16.0. The summed E-state index contributed by atoms with van der Waals surface area (Å²) in [6.07, 6.45) is 1.28. The molecule has 1 fully saturated rings. The summed E-state index contributed by atoms with van der Waals surface area (Å²) in [4.78, 5) is -0.239. The number of ether oxygens (including phenoxy) is 1. The minimum absolute atomic E-state index is 0.0106. The van der Waals surface area contributed by atoms with Crippen molar-refractivity contribution in [2.45, 2.75) is 30.3 Å². The lowest BCUT2D eigenvalue weighted by molar-refractivity contribution is -0.0653. The molecule has 2 rings (SSSR count). The van der Waals surface area contributed by atoms with Gasteiger partial charge in [-0.05, 0) is 18.6 Å². The normalized spacial score (nSPS) is 18.3. The van der Waals surface area contributed by atoms with E-state index in [1.165, 1.54) is 7.11 Å². The highest BCUT2D eigenvalue weighted by molar-refractivity contribution is 7.89. The fourth-order valence-electron chi connectivity index (χ4n) is 2.51. The van der Waals surface area contributed by atoms with E-state index in [9.17, 15) is 17.9 Å². The smallest absolute Gasteiger partial charge is 0.243 e. The number of rotatable bonds is 5. The van der Waals surface area contributed by atoms with Crippen molar-refractivity contribution in [1.29, 1.82) is 0 Å². The molecule has 0 radical (unpaired) electrons. The van der Waals surface area contributed by atoms with Gasteiger partial charge in [0.25, 0.3) is 0 Å². The van der Waals surface area contributed by atoms with E-state index in [4.69, 9.17) is 10.5 Å². The van der Waals surface area contributed by atoms with Crippen LogP contribution in [0.15, 0.2) is 17.0 Å². The fourth-order valence-corrected chi connectivity index (χ4v) is 4.15. The Morgan fingerprint density at radius 1 is 1.48 bits per heavy atom. The van der Waals surface area contributed by atoms with Crippen LogP contribution >= 0.6 is 0 Å². The first-order valence-corrected chi connectivity index (χ1v) is 8.03. The molecular formula is C13H19FN2O4S. The zero-order valence-corrected chi connectivity index (χ0v) is 12.8. The molecule has 0 atom stereocenters. The molecule has 3 N–H and O–H groups in total. The Balaban J connectivity index is 2.26. The number of β-amino-alcohol motifs (C(OH)–C–C–N with tert-alkyl or cyclic N) is 1. The molecule has 0 aliphatic carbocycles. The first-order chi connectivity index (χ1) is 9.73. The second-order valence-electron chi connectivity index (χ2n) is 5.28. The van der Waals surface area contributed by atoms with Crippen molar-refractivity contribution in [3.05, 3.63) is 17.9 Å². The fraction of sp³-hybridized carbons (Fsp3) is 0.538. The number of anilines is 1. The van der Waals surface area contributed by atoms with Gasteiger partial charge in [-0.3, -0.25) is 0 Å². The van der Waals surface area contributed by atoms with E-state index in [-0.39, 0.29) is 29.4 Å². The van der Waals surface area contributed by atoms with E-state index in [0.717, 1.165) is 22.9 Å². The third kappa shape index (κ3) is 2.83. The number of nitrogens with two attached hydrogens (primary N) is 1. The lowest BCUT2D eigenvalue weighted by Crippen LogP contribution is -2.63. The van der Waals surface area contributed by atoms with Gasteiger partial charge in [0.15, 0.2) is 11.6 Å². The predicted octanol–water partition coefficient (Wildman–Crippen LogP) is 0.952. The summed E-state index contributed by atoms with van der Waals surface area (Å²) in [6.45, 7) is 1.93.